The van der Waals surface area contributed by atoms with E-state index in [0.29, 0.717) is 0 Å². The molecule has 0 saturated carbocycles. The van der Waals surface area contributed by atoms with Crippen LogP contribution >= 0.6 is 0 Å². The lowest BCUT2D eigenvalue weighted by atomic mass is 10.8. The van der Waals surface area contributed by atoms with Crippen molar-refractivity contribution < 1.29 is 14.3 Å². The number of nitrogens with one attached hydrogen (secondary N) is 1. The third-order valence-electron chi connectivity index (χ3n) is 0.420. The predicted octanol–water partition coefficient (Wildman–Crippen LogP) is -0.836. The number of ether oxygens (including phenoxy) is 1. The Morgan fingerprint density at radius 3 is 2.88 bits per heavy atom. The average molecular weight is 116 g/mol. The van der Waals surface area contributed by atoms with Crippen molar-refractivity contribution in [2.45, 2.75) is 6.92 Å². The lowest BCUT2D eigenvalue weighted by Crippen LogP contribution is -2.17. The van der Waals surface area contributed by atoms with Gasteiger partial charge in [-0.15, -0.1) is 0 Å². The lowest BCUT2D eigenvalue weighted by molar-refractivity contribution is -0.141. The van der Waals surface area contributed by atoms with Crippen LogP contribution in [0.25, 0.3) is 0 Å². The van der Waals surface area contributed by atoms with Gasteiger partial charge in [0.25, 0.3) is 0 Å². The van der Waals surface area contributed by atoms with Crippen molar-refractivity contribution >= 4 is 12.4 Å². The highest BCUT2D eigenvalue weighted by Gasteiger charge is 1.86. The van der Waals surface area contributed by atoms with Crippen molar-refractivity contribution in [3.63, 3.8) is 0 Å². The van der Waals surface area contributed by atoms with Crippen LogP contribution in [0.1, 0.15) is 6.92 Å². The molecule has 8 heavy (non-hydrogen) atoms. The van der Waals surface area contributed by atoms with Crippen LogP contribution in [0.5, 0.6) is 0 Å². The summed E-state index contributed by atoms with van der Waals surface area (Å²) in [5.74, 6) is -0.423. The summed E-state index contributed by atoms with van der Waals surface area (Å²) in [6, 6.07) is 0. The monoisotopic (exact) mass is 116 g/mol. The Hall–Kier alpha value is -1.06. The maximum Gasteiger partial charge on any atom is 0.311 e. The Morgan fingerprint density at radius 1 is 1.88 bits per heavy atom. The fourth-order valence-corrected chi connectivity index (χ4v) is 0.167. The second kappa shape index (κ2) is 4.11. The number of esters is 1. The van der Waals surface area contributed by atoms with Crippen molar-refractivity contribution in [3.8, 4) is 0 Å². The van der Waals surface area contributed by atoms with E-state index < -0.39 is 5.97 Å². The van der Waals surface area contributed by atoms with Gasteiger partial charge in [0.05, 0.1) is 0 Å². The molecule has 0 unspecified atom stereocenters. The van der Waals surface area contributed by atoms with Crippen molar-refractivity contribution in [1.29, 1.82) is 0 Å². The number of rotatable bonds is 3. The number of hydrogen-bond acceptors (Lipinski definition) is 3. The van der Waals surface area contributed by atoms with Crippen LogP contribution in [0.3, 0.4) is 0 Å². The summed E-state index contributed by atoms with van der Waals surface area (Å²) in [6.45, 7) is 1.16. The molecule has 45 valence electrons. The number of amides is 1. The van der Waals surface area contributed by atoms with E-state index in [1.54, 1.807) is 0 Å². The summed E-state index contributed by atoms with van der Waals surface area (Å²) < 4.78 is 4.27. The van der Waals surface area contributed by atoms with Crippen LogP contribution in [0.2, 0.25) is 0 Å². The van der Waals surface area contributed by atoms with Gasteiger partial charge in [-0.1, -0.05) is 0 Å². The predicted molar refractivity (Wildman–Crippen MR) is 25.5 cm³/mol. The normalized spacial score (nSPS) is 7.62. The first-order valence-corrected chi connectivity index (χ1v) is 2.00. The highest BCUT2D eigenvalue weighted by Crippen LogP contribution is 1.67. The Labute approximate surface area is 46.8 Å². The molecule has 0 spiro atoms. The Kier molecular flexibility index (Phi) is 3.56. The Balaban J connectivity index is 2.93. The molecule has 0 aliphatic carbocycles. The Bertz CT molecular complexity index is 91.3. The molecule has 0 rings (SSSR count). The molecule has 0 aromatic carbocycles. The van der Waals surface area contributed by atoms with E-state index in [9.17, 15) is 9.59 Å². The molecule has 0 heterocycles. The van der Waals surface area contributed by atoms with Gasteiger partial charge in [-0.2, -0.15) is 0 Å². The summed E-state index contributed by atoms with van der Waals surface area (Å²) in [7, 11) is 0. The van der Waals surface area contributed by atoms with Crippen LogP contribution in [0, 0.1) is 0 Å². The van der Waals surface area contributed by atoms with E-state index in [-0.39, 0.29) is 6.73 Å². The molecule has 0 aliphatic heterocycles. The van der Waals surface area contributed by atoms with Gasteiger partial charge in [-0.25, -0.2) is 0 Å². The molecular formula is C4H6NO3. The van der Waals surface area contributed by atoms with Crippen molar-refractivity contribution in [3.05, 3.63) is 0 Å². The van der Waals surface area contributed by atoms with Gasteiger partial charge in [-0.3, -0.25) is 9.59 Å². The SMILES string of the molecule is CC(=O)OCN[C]=O. The fraction of sp³-hybridized carbons (Fsp3) is 0.500. The third kappa shape index (κ3) is 4.94. The average Bonchev–Trinajstić information content (AvgIpc) is 1.66. The molecule has 1 N–H and O–H groups in total. The second-order valence-electron chi connectivity index (χ2n) is 1.06. The van der Waals surface area contributed by atoms with Crippen LogP contribution in [-0.2, 0) is 14.3 Å². The first-order valence-electron chi connectivity index (χ1n) is 2.00. The zero-order chi connectivity index (χ0) is 6.41. The number of carbonyl (C=O) groups is 1. The largest absolute Gasteiger partial charge is 0.445 e. The van der Waals surface area contributed by atoms with Crippen molar-refractivity contribution in [2.75, 3.05) is 6.73 Å². The molecule has 0 fully saturated rings. The van der Waals surface area contributed by atoms with Gasteiger partial charge >= 0.3 is 12.4 Å². The fourth-order valence-electron chi connectivity index (χ4n) is 0.167. The maximum atomic E-state index is 9.93. The van der Waals surface area contributed by atoms with Gasteiger partial charge in [0.2, 0.25) is 0 Å². The number of carbonyl (C=O) groups excluding carboxylic acids is 2. The topological polar surface area (TPSA) is 55.4 Å². The molecule has 0 aliphatic rings. The minimum atomic E-state index is -0.423. The van der Waals surface area contributed by atoms with Gasteiger partial charge in [0.15, 0.2) is 6.73 Å². The quantitative estimate of drug-likeness (QED) is 0.226. The summed E-state index contributed by atoms with van der Waals surface area (Å²) in [4.78, 5) is 19.3. The summed E-state index contributed by atoms with van der Waals surface area (Å²) in [5.41, 5.74) is 0. The second-order valence-corrected chi connectivity index (χ2v) is 1.06. The first kappa shape index (κ1) is 6.94. The summed E-state index contributed by atoms with van der Waals surface area (Å²) >= 11 is 0. The zero-order valence-corrected chi connectivity index (χ0v) is 4.43. The molecule has 1 radical (unpaired) electrons. The van der Waals surface area contributed by atoms with Crippen molar-refractivity contribution in [1.82, 2.24) is 5.32 Å². The smallest absolute Gasteiger partial charge is 0.311 e. The summed E-state index contributed by atoms with van der Waals surface area (Å²) in [5, 5.41) is 2.03. The van der Waals surface area contributed by atoms with Crippen LogP contribution in [0.15, 0.2) is 0 Å². The van der Waals surface area contributed by atoms with E-state index in [2.05, 4.69) is 4.74 Å². The highest BCUT2D eigenvalue weighted by atomic mass is 16.5. The minimum Gasteiger partial charge on any atom is -0.445 e. The van der Waals surface area contributed by atoms with Crippen molar-refractivity contribution in [2.24, 2.45) is 0 Å². The van der Waals surface area contributed by atoms with E-state index >= 15 is 0 Å². The molecule has 1 amide bonds. The van der Waals surface area contributed by atoms with Gasteiger partial charge in [0.1, 0.15) is 0 Å². The van der Waals surface area contributed by atoms with Gasteiger partial charge in [-0.05, 0) is 0 Å². The molecule has 4 nitrogen and oxygen atoms in total. The van der Waals surface area contributed by atoms with Crippen LogP contribution in [-0.4, -0.2) is 19.1 Å². The summed E-state index contributed by atoms with van der Waals surface area (Å²) in [6.07, 6.45) is 1.35. The third-order valence-corrected chi connectivity index (χ3v) is 0.420. The molecule has 0 bridgehead atoms. The van der Waals surface area contributed by atoms with E-state index in [4.69, 9.17) is 0 Å². The maximum absolute atomic E-state index is 9.93. The number of hydrogen-bond donors (Lipinski definition) is 1. The van der Waals surface area contributed by atoms with Gasteiger partial charge < -0.3 is 10.1 Å². The molecule has 0 saturated heterocycles. The minimum absolute atomic E-state index is 0.0984. The molecule has 4 heteroatoms. The van der Waals surface area contributed by atoms with E-state index in [0.717, 1.165) is 0 Å². The van der Waals surface area contributed by atoms with Crippen LogP contribution < -0.4 is 5.32 Å². The molecule has 0 atom stereocenters. The lowest BCUT2D eigenvalue weighted by Gasteiger charge is -1.95. The standard InChI is InChI=1S/C4H6NO3/c1-4(7)8-3-5-2-6/h3H2,1H3,(H,5,6). The Morgan fingerprint density at radius 2 is 2.50 bits per heavy atom. The zero-order valence-electron chi connectivity index (χ0n) is 4.43. The van der Waals surface area contributed by atoms with Crippen LogP contribution in [0.4, 0.5) is 0 Å². The van der Waals surface area contributed by atoms with Gasteiger partial charge in [0, 0.05) is 6.92 Å². The molecule has 0 aromatic heterocycles. The van der Waals surface area contributed by atoms with E-state index in [1.165, 1.54) is 13.3 Å². The first-order chi connectivity index (χ1) is 3.77. The molecular weight excluding hydrogens is 110 g/mol. The highest BCUT2D eigenvalue weighted by molar-refractivity contribution is 5.66. The molecule has 0 aromatic rings. The van der Waals surface area contributed by atoms with E-state index in [1.807, 2.05) is 5.32 Å².